The number of nitrogen functional groups attached to an aromatic ring is 1. The molecule has 8 nitrogen and oxygen atoms in total. The van der Waals surface area contributed by atoms with E-state index >= 15 is 0 Å². The van der Waals surface area contributed by atoms with Crippen LogP contribution in [0, 0.1) is 0 Å². The van der Waals surface area contributed by atoms with E-state index in [1.54, 1.807) is 6.33 Å². The third-order valence-corrected chi connectivity index (χ3v) is 4.23. The van der Waals surface area contributed by atoms with Gasteiger partial charge in [0, 0.05) is 0 Å². The molecule has 0 aromatic carbocycles. The standard InChI is InChI=1S/C14H19N5O3/c1-14(2)21-5-10-9(22-14)3-8(4-20-10)19-7-18-11-12(15)16-6-17-13(11)19/h6-10H,3-5H2,1-2H3,(H2,15,16,17)/t8-,9-,10+/m1/s1. The Labute approximate surface area is 127 Å². The Morgan fingerprint density at radius 1 is 1.23 bits per heavy atom. The maximum Gasteiger partial charge on any atom is 0.165 e. The first-order chi connectivity index (χ1) is 10.5. The van der Waals surface area contributed by atoms with Gasteiger partial charge < -0.3 is 24.5 Å². The minimum atomic E-state index is -0.573. The smallest absolute Gasteiger partial charge is 0.165 e. The number of hydrogen-bond acceptors (Lipinski definition) is 7. The van der Waals surface area contributed by atoms with Crippen molar-refractivity contribution in [1.29, 1.82) is 0 Å². The average Bonchev–Trinajstić information content (AvgIpc) is 2.91. The van der Waals surface area contributed by atoms with Crippen molar-refractivity contribution in [2.45, 2.75) is 44.3 Å². The van der Waals surface area contributed by atoms with Gasteiger partial charge in [0.15, 0.2) is 17.3 Å². The fourth-order valence-corrected chi connectivity index (χ4v) is 3.12. The molecule has 0 radical (unpaired) electrons. The van der Waals surface area contributed by atoms with Crippen LogP contribution in [-0.2, 0) is 14.2 Å². The molecule has 2 aromatic heterocycles. The van der Waals surface area contributed by atoms with Gasteiger partial charge in [-0.2, -0.15) is 0 Å². The molecule has 2 saturated heterocycles. The summed E-state index contributed by atoms with van der Waals surface area (Å²) in [7, 11) is 0. The van der Waals surface area contributed by atoms with Crippen LogP contribution in [0.15, 0.2) is 12.7 Å². The van der Waals surface area contributed by atoms with Crippen molar-refractivity contribution in [3.8, 4) is 0 Å². The summed E-state index contributed by atoms with van der Waals surface area (Å²) in [4.78, 5) is 12.6. The first-order valence-electron chi connectivity index (χ1n) is 7.40. The molecule has 0 bridgehead atoms. The normalized spacial score (nSPS) is 31.1. The van der Waals surface area contributed by atoms with Crippen LogP contribution >= 0.6 is 0 Å². The molecule has 2 aliphatic heterocycles. The van der Waals surface area contributed by atoms with E-state index in [0.29, 0.717) is 24.5 Å². The highest BCUT2D eigenvalue weighted by atomic mass is 16.7. The molecule has 0 aliphatic carbocycles. The molecule has 22 heavy (non-hydrogen) atoms. The van der Waals surface area contributed by atoms with E-state index in [-0.39, 0.29) is 18.2 Å². The van der Waals surface area contributed by atoms with Gasteiger partial charge in [-0.1, -0.05) is 0 Å². The lowest BCUT2D eigenvalue weighted by atomic mass is 10.00. The fourth-order valence-electron chi connectivity index (χ4n) is 3.12. The predicted octanol–water partition coefficient (Wildman–Crippen LogP) is 0.890. The van der Waals surface area contributed by atoms with E-state index in [0.717, 1.165) is 12.1 Å². The number of hydrogen-bond donors (Lipinski definition) is 1. The Morgan fingerprint density at radius 3 is 2.95 bits per heavy atom. The largest absolute Gasteiger partial charge is 0.382 e. The molecule has 4 rings (SSSR count). The maximum absolute atomic E-state index is 6.00. The quantitative estimate of drug-likeness (QED) is 0.835. The van der Waals surface area contributed by atoms with Crippen LogP contribution in [0.5, 0.6) is 0 Å². The Balaban J connectivity index is 1.62. The Kier molecular flexibility index (Phi) is 3.07. The lowest BCUT2D eigenvalue weighted by molar-refractivity contribution is -0.322. The summed E-state index contributed by atoms with van der Waals surface area (Å²) in [5.74, 6) is -0.183. The molecule has 0 unspecified atom stereocenters. The van der Waals surface area contributed by atoms with Crippen molar-refractivity contribution in [3.05, 3.63) is 12.7 Å². The van der Waals surface area contributed by atoms with Gasteiger partial charge in [-0.15, -0.1) is 0 Å². The monoisotopic (exact) mass is 305 g/mol. The third kappa shape index (κ3) is 2.23. The van der Waals surface area contributed by atoms with Crippen LogP contribution < -0.4 is 5.73 Å². The van der Waals surface area contributed by atoms with Gasteiger partial charge in [0.2, 0.25) is 0 Å². The second-order valence-electron chi connectivity index (χ2n) is 6.21. The van der Waals surface area contributed by atoms with Crippen molar-refractivity contribution < 1.29 is 14.2 Å². The molecular weight excluding hydrogens is 286 g/mol. The number of ether oxygens (including phenoxy) is 3. The molecule has 3 atom stereocenters. The Morgan fingerprint density at radius 2 is 2.09 bits per heavy atom. The molecule has 2 aliphatic rings. The van der Waals surface area contributed by atoms with Crippen LogP contribution in [0.2, 0.25) is 0 Å². The lowest BCUT2D eigenvalue weighted by Crippen LogP contribution is -2.53. The minimum Gasteiger partial charge on any atom is -0.382 e. The van der Waals surface area contributed by atoms with Gasteiger partial charge >= 0.3 is 0 Å². The zero-order valence-corrected chi connectivity index (χ0v) is 12.6. The van der Waals surface area contributed by atoms with E-state index in [2.05, 4.69) is 15.0 Å². The second kappa shape index (κ2) is 4.87. The van der Waals surface area contributed by atoms with E-state index in [9.17, 15) is 0 Å². The highest BCUT2D eigenvalue weighted by molar-refractivity contribution is 5.81. The summed E-state index contributed by atoms with van der Waals surface area (Å²) in [6, 6.07) is 0.106. The average molecular weight is 305 g/mol. The molecule has 2 aromatic rings. The van der Waals surface area contributed by atoms with E-state index in [4.69, 9.17) is 19.9 Å². The highest BCUT2D eigenvalue weighted by Crippen LogP contribution is 2.34. The first-order valence-corrected chi connectivity index (χ1v) is 7.40. The molecule has 2 N–H and O–H groups in total. The van der Waals surface area contributed by atoms with Crippen LogP contribution in [0.4, 0.5) is 5.82 Å². The number of nitrogens with two attached hydrogens (primary N) is 1. The number of imidazole rings is 1. The molecular formula is C14H19N5O3. The van der Waals surface area contributed by atoms with Crippen molar-refractivity contribution in [2.75, 3.05) is 18.9 Å². The van der Waals surface area contributed by atoms with Crippen molar-refractivity contribution in [3.63, 3.8) is 0 Å². The number of fused-ring (bicyclic) bond motifs is 2. The first kappa shape index (κ1) is 13.9. The van der Waals surface area contributed by atoms with E-state index in [1.807, 2.05) is 18.4 Å². The van der Waals surface area contributed by atoms with Crippen LogP contribution in [0.25, 0.3) is 11.2 Å². The Bertz CT molecular complexity index is 701. The van der Waals surface area contributed by atoms with Gasteiger partial charge in [0.25, 0.3) is 0 Å². The molecule has 0 amide bonds. The summed E-state index contributed by atoms with van der Waals surface area (Å²) in [5.41, 5.74) is 7.19. The fraction of sp³-hybridized carbons (Fsp3) is 0.643. The molecule has 8 heteroatoms. The zero-order chi connectivity index (χ0) is 15.3. The summed E-state index contributed by atoms with van der Waals surface area (Å²) in [5, 5.41) is 0. The summed E-state index contributed by atoms with van der Waals surface area (Å²) in [6.45, 7) is 4.98. The third-order valence-electron chi connectivity index (χ3n) is 4.23. The van der Waals surface area contributed by atoms with Gasteiger partial charge in [-0.3, -0.25) is 0 Å². The van der Waals surface area contributed by atoms with E-state index in [1.165, 1.54) is 6.33 Å². The highest BCUT2D eigenvalue weighted by Gasteiger charge is 2.42. The topological polar surface area (TPSA) is 97.3 Å². The lowest BCUT2D eigenvalue weighted by Gasteiger charge is -2.45. The van der Waals surface area contributed by atoms with Crippen LogP contribution in [0.3, 0.4) is 0 Å². The molecule has 118 valence electrons. The molecule has 0 spiro atoms. The van der Waals surface area contributed by atoms with Crippen molar-refractivity contribution in [2.24, 2.45) is 0 Å². The number of nitrogens with zero attached hydrogens (tertiary/aromatic N) is 4. The van der Waals surface area contributed by atoms with Gasteiger partial charge in [-0.05, 0) is 20.3 Å². The zero-order valence-electron chi connectivity index (χ0n) is 12.6. The minimum absolute atomic E-state index is 0.000802. The van der Waals surface area contributed by atoms with Crippen molar-refractivity contribution in [1.82, 2.24) is 19.5 Å². The van der Waals surface area contributed by atoms with Crippen molar-refractivity contribution >= 4 is 17.0 Å². The number of anilines is 1. The van der Waals surface area contributed by atoms with Gasteiger partial charge in [0.05, 0.1) is 31.7 Å². The molecule has 0 saturated carbocycles. The van der Waals surface area contributed by atoms with Crippen LogP contribution in [0.1, 0.15) is 26.3 Å². The van der Waals surface area contributed by atoms with Gasteiger partial charge in [0.1, 0.15) is 17.9 Å². The summed E-state index contributed by atoms with van der Waals surface area (Å²) in [6.07, 6.45) is 4.01. The second-order valence-corrected chi connectivity index (χ2v) is 6.21. The summed E-state index contributed by atoms with van der Waals surface area (Å²) >= 11 is 0. The number of rotatable bonds is 1. The van der Waals surface area contributed by atoms with Gasteiger partial charge in [-0.25, -0.2) is 15.0 Å². The predicted molar refractivity (Wildman–Crippen MR) is 78.0 cm³/mol. The summed E-state index contributed by atoms with van der Waals surface area (Å²) < 4.78 is 19.6. The maximum atomic E-state index is 6.00. The van der Waals surface area contributed by atoms with Crippen LogP contribution in [-0.4, -0.2) is 50.7 Å². The molecule has 4 heterocycles. The van der Waals surface area contributed by atoms with E-state index < -0.39 is 5.79 Å². The Hall–Kier alpha value is -1.77. The SMILES string of the molecule is CC1(C)OC[C@@H]2OC[C@H](n3cnc4c(N)ncnc43)C[C@H]2O1. The molecule has 2 fully saturated rings. The number of aromatic nitrogens is 4.